The molecule has 0 amide bonds. The van der Waals surface area contributed by atoms with Gasteiger partial charge in [-0.3, -0.25) is 4.79 Å². The Balaban J connectivity index is 1.69. The van der Waals surface area contributed by atoms with E-state index >= 15 is 0 Å². The molecular formula is C22H25N3O4. The van der Waals surface area contributed by atoms with Crippen LogP contribution in [-0.2, 0) is 12.0 Å². The summed E-state index contributed by atoms with van der Waals surface area (Å²) in [4.78, 5) is 16.9. The molecule has 4 rings (SSSR count). The summed E-state index contributed by atoms with van der Waals surface area (Å²) in [5, 5.41) is 4.31. The summed E-state index contributed by atoms with van der Waals surface area (Å²) in [6.45, 7) is 2.15. The topological polar surface area (TPSA) is 79.4 Å². The van der Waals surface area contributed by atoms with E-state index in [4.69, 9.17) is 14.0 Å². The quantitative estimate of drug-likeness (QED) is 0.636. The number of hydrogen-bond acceptors (Lipinski definition) is 6. The van der Waals surface area contributed by atoms with Crippen molar-refractivity contribution in [2.45, 2.75) is 44.6 Å². The fraction of sp³-hybridized carbons (Fsp3) is 0.409. The fourth-order valence-electron chi connectivity index (χ4n) is 4.15. The predicted octanol–water partition coefficient (Wildman–Crippen LogP) is 3.47. The van der Waals surface area contributed by atoms with Gasteiger partial charge in [0.1, 0.15) is 6.54 Å². The van der Waals surface area contributed by atoms with Gasteiger partial charge >= 0.3 is 0 Å². The van der Waals surface area contributed by atoms with Crippen molar-refractivity contribution in [3.05, 3.63) is 69.7 Å². The van der Waals surface area contributed by atoms with Crippen molar-refractivity contribution in [1.29, 1.82) is 0 Å². The number of ether oxygens (including phenoxy) is 2. The Hall–Kier alpha value is -3.09. The third-order valence-corrected chi connectivity index (χ3v) is 5.75. The van der Waals surface area contributed by atoms with Crippen LogP contribution in [0.2, 0.25) is 0 Å². The van der Waals surface area contributed by atoms with Crippen molar-refractivity contribution < 1.29 is 14.0 Å². The normalized spacial score (nSPS) is 15.4. The van der Waals surface area contributed by atoms with E-state index in [-0.39, 0.29) is 17.5 Å². The van der Waals surface area contributed by atoms with Crippen LogP contribution in [0.25, 0.3) is 0 Å². The molecule has 0 bridgehead atoms. The number of rotatable bonds is 6. The first-order chi connectivity index (χ1) is 14.1. The van der Waals surface area contributed by atoms with E-state index in [0.29, 0.717) is 23.2 Å². The first kappa shape index (κ1) is 19.2. The molecule has 2 aromatic heterocycles. The summed E-state index contributed by atoms with van der Waals surface area (Å²) >= 11 is 0. The van der Waals surface area contributed by atoms with Gasteiger partial charge in [-0.25, -0.2) is 0 Å². The van der Waals surface area contributed by atoms with Crippen LogP contribution < -0.4 is 15.0 Å². The monoisotopic (exact) mass is 395 g/mol. The standard InChI is InChI=1S/C22H25N3O4/c1-15-8-11-25(20(26)12-15)14-19-23-21(24-29-19)22(9-4-5-10-22)16-6-7-17(27-2)18(13-16)28-3/h6-8,11-13H,4-5,9-10,14H2,1-3H3. The lowest BCUT2D eigenvalue weighted by Crippen LogP contribution is -2.26. The highest BCUT2D eigenvalue weighted by atomic mass is 16.5. The van der Waals surface area contributed by atoms with Crippen LogP contribution in [-0.4, -0.2) is 28.9 Å². The number of benzene rings is 1. The Morgan fingerprint density at radius 3 is 2.55 bits per heavy atom. The van der Waals surface area contributed by atoms with E-state index in [1.807, 2.05) is 31.2 Å². The smallest absolute Gasteiger partial charge is 0.251 e. The van der Waals surface area contributed by atoms with Crippen LogP contribution in [0, 0.1) is 6.92 Å². The molecule has 0 atom stereocenters. The maximum absolute atomic E-state index is 12.2. The molecular weight excluding hydrogens is 370 g/mol. The van der Waals surface area contributed by atoms with Crippen molar-refractivity contribution >= 4 is 0 Å². The summed E-state index contributed by atoms with van der Waals surface area (Å²) in [5.41, 5.74) is 1.61. The zero-order chi connectivity index (χ0) is 20.4. The Morgan fingerprint density at radius 2 is 1.86 bits per heavy atom. The molecule has 152 valence electrons. The van der Waals surface area contributed by atoms with Gasteiger partial charge in [0, 0.05) is 12.3 Å². The average Bonchev–Trinajstić information content (AvgIpc) is 3.40. The number of aromatic nitrogens is 3. The van der Waals surface area contributed by atoms with Crippen LogP contribution in [0.4, 0.5) is 0 Å². The van der Waals surface area contributed by atoms with Crippen molar-refractivity contribution in [1.82, 2.24) is 14.7 Å². The third-order valence-electron chi connectivity index (χ3n) is 5.75. The largest absolute Gasteiger partial charge is 0.493 e. The van der Waals surface area contributed by atoms with E-state index in [1.165, 1.54) is 0 Å². The number of nitrogens with zero attached hydrogens (tertiary/aromatic N) is 3. The van der Waals surface area contributed by atoms with Gasteiger partial charge in [0.15, 0.2) is 17.3 Å². The second-order valence-electron chi connectivity index (χ2n) is 7.54. The SMILES string of the molecule is COc1ccc(C2(c3noc(Cn4ccc(C)cc4=O)n3)CCCC2)cc1OC. The Kier molecular flexibility index (Phi) is 5.13. The molecule has 7 heteroatoms. The molecule has 2 heterocycles. The van der Waals surface area contributed by atoms with Gasteiger partial charge < -0.3 is 18.6 Å². The van der Waals surface area contributed by atoms with Crippen LogP contribution >= 0.6 is 0 Å². The molecule has 1 aliphatic rings. The Morgan fingerprint density at radius 1 is 1.10 bits per heavy atom. The van der Waals surface area contributed by atoms with E-state index in [1.54, 1.807) is 31.0 Å². The number of methoxy groups -OCH3 is 2. The van der Waals surface area contributed by atoms with Gasteiger partial charge in [0.05, 0.1) is 19.6 Å². The van der Waals surface area contributed by atoms with Crippen LogP contribution in [0.5, 0.6) is 11.5 Å². The summed E-state index contributed by atoms with van der Waals surface area (Å²) in [7, 11) is 3.26. The Bertz CT molecular complexity index is 1060. The van der Waals surface area contributed by atoms with Gasteiger partial charge in [-0.15, -0.1) is 0 Å². The van der Waals surface area contributed by atoms with E-state index in [0.717, 1.165) is 36.8 Å². The lowest BCUT2D eigenvalue weighted by atomic mass is 9.78. The van der Waals surface area contributed by atoms with E-state index in [9.17, 15) is 4.79 Å². The van der Waals surface area contributed by atoms with Crippen molar-refractivity contribution in [3.8, 4) is 11.5 Å². The number of hydrogen-bond donors (Lipinski definition) is 0. The maximum atomic E-state index is 12.2. The summed E-state index contributed by atoms with van der Waals surface area (Å²) in [5.74, 6) is 2.47. The summed E-state index contributed by atoms with van der Waals surface area (Å²) in [6.07, 6.45) is 5.81. The molecule has 29 heavy (non-hydrogen) atoms. The van der Waals surface area contributed by atoms with Gasteiger partial charge in [-0.1, -0.05) is 24.1 Å². The summed E-state index contributed by atoms with van der Waals surface area (Å²) in [6, 6.07) is 9.46. The lowest BCUT2D eigenvalue weighted by Gasteiger charge is -2.26. The minimum atomic E-state index is -0.320. The van der Waals surface area contributed by atoms with Crippen molar-refractivity contribution in [3.63, 3.8) is 0 Å². The zero-order valence-electron chi connectivity index (χ0n) is 17.0. The molecule has 0 unspecified atom stereocenters. The third kappa shape index (κ3) is 3.52. The van der Waals surface area contributed by atoms with Gasteiger partial charge in [0.2, 0.25) is 5.89 Å². The molecule has 0 spiro atoms. The highest BCUT2D eigenvalue weighted by Gasteiger charge is 2.42. The first-order valence-corrected chi connectivity index (χ1v) is 9.78. The summed E-state index contributed by atoms with van der Waals surface area (Å²) < 4.78 is 18.0. The maximum Gasteiger partial charge on any atom is 0.251 e. The zero-order valence-corrected chi connectivity index (χ0v) is 17.0. The highest BCUT2D eigenvalue weighted by molar-refractivity contribution is 5.47. The predicted molar refractivity (Wildman–Crippen MR) is 108 cm³/mol. The number of aryl methyl sites for hydroxylation is 1. The molecule has 1 fully saturated rings. The molecule has 1 saturated carbocycles. The molecule has 1 aromatic carbocycles. The minimum absolute atomic E-state index is 0.0831. The molecule has 0 radical (unpaired) electrons. The van der Waals surface area contributed by atoms with Gasteiger partial charge in [-0.05, 0) is 49.1 Å². The van der Waals surface area contributed by atoms with Crippen molar-refractivity contribution in [2.75, 3.05) is 14.2 Å². The molecule has 7 nitrogen and oxygen atoms in total. The molecule has 0 N–H and O–H groups in total. The van der Waals surface area contributed by atoms with Crippen LogP contribution in [0.15, 0.2) is 45.8 Å². The molecule has 0 aliphatic heterocycles. The Labute approximate surface area is 169 Å². The van der Waals surface area contributed by atoms with Gasteiger partial charge in [-0.2, -0.15) is 4.98 Å². The van der Waals surface area contributed by atoms with Crippen molar-refractivity contribution in [2.24, 2.45) is 0 Å². The minimum Gasteiger partial charge on any atom is -0.493 e. The lowest BCUT2D eigenvalue weighted by molar-refractivity contribution is 0.348. The molecule has 1 aliphatic carbocycles. The average molecular weight is 395 g/mol. The highest BCUT2D eigenvalue weighted by Crippen LogP contribution is 2.47. The van der Waals surface area contributed by atoms with Crippen LogP contribution in [0.3, 0.4) is 0 Å². The van der Waals surface area contributed by atoms with Crippen LogP contribution in [0.1, 0.15) is 48.5 Å². The second-order valence-corrected chi connectivity index (χ2v) is 7.54. The molecule has 0 saturated heterocycles. The van der Waals surface area contributed by atoms with E-state index < -0.39 is 0 Å². The molecule has 3 aromatic rings. The van der Waals surface area contributed by atoms with E-state index in [2.05, 4.69) is 10.1 Å². The number of pyridine rings is 1. The first-order valence-electron chi connectivity index (χ1n) is 9.78. The second kappa shape index (κ2) is 7.73. The fourth-order valence-corrected chi connectivity index (χ4v) is 4.15. The van der Waals surface area contributed by atoms with Gasteiger partial charge in [0.25, 0.3) is 5.56 Å².